The lowest BCUT2D eigenvalue weighted by molar-refractivity contribution is 0.0683. The Morgan fingerprint density at radius 3 is 2.54 bits per heavy atom. The van der Waals surface area contributed by atoms with Crippen molar-refractivity contribution in [3.05, 3.63) is 66.4 Å². The highest BCUT2D eigenvalue weighted by molar-refractivity contribution is 5.94. The minimum absolute atomic E-state index is 0.119. The minimum Gasteiger partial charge on any atom is -0.461 e. The Hall–Kier alpha value is -2.82. The fraction of sp³-hybridized carbons (Fsp3) is 0.333. The van der Waals surface area contributed by atoms with E-state index in [0.29, 0.717) is 5.92 Å². The average molecular weight is 349 g/mol. The molecule has 4 rings (SSSR count). The van der Waals surface area contributed by atoms with Crippen molar-refractivity contribution in [3.63, 3.8) is 0 Å². The molecule has 0 saturated carbocycles. The van der Waals surface area contributed by atoms with E-state index in [1.807, 2.05) is 66.9 Å². The zero-order valence-electron chi connectivity index (χ0n) is 15.0. The molecule has 26 heavy (non-hydrogen) atoms. The molecule has 1 aliphatic rings. The Kier molecular flexibility index (Phi) is 4.61. The monoisotopic (exact) mass is 349 g/mol. The molecule has 3 aromatic rings. The van der Waals surface area contributed by atoms with E-state index in [9.17, 15) is 4.79 Å². The van der Waals surface area contributed by atoms with Gasteiger partial charge in [-0.25, -0.2) is 4.98 Å². The second-order valence-electron chi connectivity index (χ2n) is 6.98. The van der Waals surface area contributed by atoms with Gasteiger partial charge >= 0.3 is 0 Å². The summed E-state index contributed by atoms with van der Waals surface area (Å²) in [6.45, 7) is 4.55. The molecule has 0 radical (unpaired) electrons. The summed E-state index contributed by atoms with van der Waals surface area (Å²) in [6.07, 6.45) is 7.74. The number of carbonyl (C=O) groups is 1. The quantitative estimate of drug-likeness (QED) is 0.715. The van der Waals surface area contributed by atoms with Crippen LogP contribution in [0.4, 0.5) is 0 Å². The van der Waals surface area contributed by atoms with Crippen molar-refractivity contribution in [2.24, 2.45) is 5.92 Å². The van der Waals surface area contributed by atoms with Crippen LogP contribution < -0.4 is 0 Å². The smallest absolute Gasteiger partial charge is 0.253 e. The summed E-state index contributed by atoms with van der Waals surface area (Å²) in [6, 6.07) is 11.6. The molecule has 0 bridgehead atoms. The number of carbonyl (C=O) groups excluding carboxylic acids is 1. The molecule has 1 saturated heterocycles. The Bertz CT molecular complexity index is 857. The fourth-order valence-corrected chi connectivity index (χ4v) is 3.56. The van der Waals surface area contributed by atoms with Gasteiger partial charge in [-0.2, -0.15) is 0 Å². The largest absolute Gasteiger partial charge is 0.461 e. The zero-order chi connectivity index (χ0) is 17.9. The van der Waals surface area contributed by atoms with Crippen LogP contribution in [-0.2, 0) is 6.54 Å². The second-order valence-corrected chi connectivity index (χ2v) is 6.98. The molecule has 0 N–H and O–H groups in total. The van der Waals surface area contributed by atoms with Gasteiger partial charge in [0, 0.05) is 43.2 Å². The Labute approximate surface area is 153 Å². The molecular formula is C21H23N3O2. The number of nitrogens with zero attached hydrogens (tertiary/aromatic N) is 3. The third kappa shape index (κ3) is 3.57. The van der Waals surface area contributed by atoms with E-state index >= 15 is 0 Å². The summed E-state index contributed by atoms with van der Waals surface area (Å²) in [5.74, 6) is 2.45. The first-order chi connectivity index (χ1) is 12.7. The summed E-state index contributed by atoms with van der Waals surface area (Å²) < 4.78 is 7.76. The van der Waals surface area contributed by atoms with Crippen molar-refractivity contribution in [2.45, 2.75) is 26.3 Å². The lowest BCUT2D eigenvalue weighted by Gasteiger charge is -2.32. The number of aryl methyl sites for hydroxylation is 1. The van der Waals surface area contributed by atoms with E-state index in [0.717, 1.165) is 55.1 Å². The van der Waals surface area contributed by atoms with E-state index in [-0.39, 0.29) is 5.91 Å². The maximum Gasteiger partial charge on any atom is 0.253 e. The third-order valence-corrected chi connectivity index (χ3v) is 5.09. The molecule has 1 amide bonds. The normalized spacial score (nSPS) is 15.3. The Morgan fingerprint density at radius 2 is 1.92 bits per heavy atom. The van der Waals surface area contributed by atoms with Crippen LogP contribution in [0.1, 0.15) is 29.0 Å². The second kappa shape index (κ2) is 7.20. The van der Waals surface area contributed by atoms with Crippen LogP contribution in [0.2, 0.25) is 0 Å². The molecule has 2 aromatic heterocycles. The molecule has 3 heterocycles. The molecule has 0 aliphatic carbocycles. The molecule has 0 atom stereocenters. The van der Waals surface area contributed by atoms with E-state index in [2.05, 4.69) is 9.55 Å². The van der Waals surface area contributed by atoms with Crippen molar-refractivity contribution in [1.82, 2.24) is 14.5 Å². The SMILES string of the molecule is Cc1ccc(-c2ccc(C(=O)N3CCC(Cn4ccnc4)CC3)cc2)o1. The van der Waals surface area contributed by atoms with Crippen LogP contribution in [0.5, 0.6) is 0 Å². The number of furan rings is 1. The van der Waals surface area contributed by atoms with Gasteiger partial charge in [0.05, 0.1) is 6.33 Å². The number of likely N-dealkylation sites (tertiary alicyclic amines) is 1. The van der Waals surface area contributed by atoms with E-state index < -0.39 is 0 Å². The number of imidazole rings is 1. The van der Waals surface area contributed by atoms with Crippen molar-refractivity contribution >= 4 is 5.91 Å². The van der Waals surface area contributed by atoms with Gasteiger partial charge < -0.3 is 13.9 Å². The Morgan fingerprint density at radius 1 is 1.15 bits per heavy atom. The standard InChI is InChI=1S/C21H23N3O2/c1-16-2-7-20(26-16)18-3-5-19(6-4-18)21(25)24-11-8-17(9-12-24)14-23-13-10-22-15-23/h2-7,10,13,15,17H,8-9,11-12,14H2,1H3. The molecule has 1 aromatic carbocycles. The number of benzene rings is 1. The highest BCUT2D eigenvalue weighted by atomic mass is 16.3. The van der Waals surface area contributed by atoms with Crippen molar-refractivity contribution in [2.75, 3.05) is 13.1 Å². The number of hydrogen-bond donors (Lipinski definition) is 0. The lowest BCUT2D eigenvalue weighted by atomic mass is 9.96. The van der Waals surface area contributed by atoms with Crippen LogP contribution in [0.15, 0.2) is 59.5 Å². The summed E-state index contributed by atoms with van der Waals surface area (Å²) in [5.41, 5.74) is 1.73. The summed E-state index contributed by atoms with van der Waals surface area (Å²) in [7, 11) is 0. The Balaban J connectivity index is 1.36. The first-order valence-corrected chi connectivity index (χ1v) is 9.11. The minimum atomic E-state index is 0.119. The van der Waals surface area contributed by atoms with E-state index in [1.54, 1.807) is 0 Å². The predicted molar refractivity (Wildman–Crippen MR) is 99.7 cm³/mol. The van der Waals surface area contributed by atoms with Gasteiger partial charge in [0.2, 0.25) is 0 Å². The van der Waals surface area contributed by atoms with E-state index in [4.69, 9.17) is 4.42 Å². The third-order valence-electron chi connectivity index (χ3n) is 5.09. The number of amides is 1. The maximum absolute atomic E-state index is 12.8. The van der Waals surface area contributed by atoms with Gasteiger partial charge in [0.15, 0.2) is 0 Å². The topological polar surface area (TPSA) is 51.3 Å². The number of rotatable bonds is 4. The van der Waals surface area contributed by atoms with Gasteiger partial charge in [-0.1, -0.05) is 12.1 Å². The van der Waals surface area contributed by atoms with Crippen LogP contribution in [0.25, 0.3) is 11.3 Å². The molecule has 1 fully saturated rings. The number of piperidine rings is 1. The van der Waals surface area contributed by atoms with Crippen LogP contribution in [0.3, 0.4) is 0 Å². The van der Waals surface area contributed by atoms with Crippen molar-refractivity contribution in [1.29, 1.82) is 0 Å². The van der Waals surface area contributed by atoms with Crippen LogP contribution in [-0.4, -0.2) is 33.4 Å². The molecule has 0 spiro atoms. The van der Waals surface area contributed by atoms with Crippen molar-refractivity contribution < 1.29 is 9.21 Å². The highest BCUT2D eigenvalue weighted by Gasteiger charge is 2.23. The molecule has 1 aliphatic heterocycles. The summed E-state index contributed by atoms with van der Waals surface area (Å²) >= 11 is 0. The molecule has 5 nitrogen and oxygen atoms in total. The van der Waals surface area contributed by atoms with Gasteiger partial charge in [0.25, 0.3) is 5.91 Å². The molecule has 5 heteroatoms. The molecule has 134 valence electrons. The molecule has 0 unspecified atom stereocenters. The van der Waals surface area contributed by atoms with Crippen LogP contribution >= 0.6 is 0 Å². The van der Waals surface area contributed by atoms with Gasteiger partial charge in [-0.05, 0) is 49.9 Å². The maximum atomic E-state index is 12.8. The van der Waals surface area contributed by atoms with Crippen LogP contribution in [0, 0.1) is 12.8 Å². The first kappa shape index (κ1) is 16.6. The lowest BCUT2D eigenvalue weighted by Crippen LogP contribution is -2.39. The number of aromatic nitrogens is 2. The fourth-order valence-electron chi connectivity index (χ4n) is 3.56. The van der Waals surface area contributed by atoms with Gasteiger partial charge in [-0.3, -0.25) is 4.79 Å². The van der Waals surface area contributed by atoms with E-state index in [1.165, 1.54) is 0 Å². The predicted octanol–water partition coefficient (Wildman–Crippen LogP) is 4.00. The average Bonchev–Trinajstić information content (AvgIpc) is 3.34. The summed E-state index contributed by atoms with van der Waals surface area (Å²) in [4.78, 5) is 18.8. The van der Waals surface area contributed by atoms with Crippen molar-refractivity contribution in [3.8, 4) is 11.3 Å². The number of hydrogen-bond acceptors (Lipinski definition) is 3. The zero-order valence-corrected chi connectivity index (χ0v) is 15.0. The highest BCUT2D eigenvalue weighted by Crippen LogP contribution is 2.24. The molecular weight excluding hydrogens is 326 g/mol. The van der Waals surface area contributed by atoms with Gasteiger partial charge in [-0.15, -0.1) is 0 Å². The summed E-state index contributed by atoms with van der Waals surface area (Å²) in [5, 5.41) is 0. The first-order valence-electron chi connectivity index (χ1n) is 9.11. The van der Waals surface area contributed by atoms with Gasteiger partial charge in [0.1, 0.15) is 11.5 Å².